The Kier molecular flexibility index (Phi) is 3.34. The van der Waals surface area contributed by atoms with Crippen molar-refractivity contribution in [3.05, 3.63) is 18.3 Å². The van der Waals surface area contributed by atoms with Gasteiger partial charge in [-0.25, -0.2) is 4.98 Å². The molecule has 2 N–H and O–H groups in total. The molecule has 0 amide bonds. The fraction of sp³-hybridized carbons (Fsp3) is 0.615. The maximum absolute atomic E-state index is 5.94. The number of pyridine rings is 1. The van der Waals surface area contributed by atoms with Gasteiger partial charge in [0.05, 0.1) is 18.9 Å². The van der Waals surface area contributed by atoms with E-state index in [4.69, 9.17) is 10.5 Å². The number of morpholine rings is 1. The van der Waals surface area contributed by atoms with Gasteiger partial charge in [-0.2, -0.15) is 0 Å². The molecule has 0 aliphatic carbocycles. The minimum atomic E-state index is 0.633. The number of hydrogen-bond donors (Lipinski definition) is 1. The fourth-order valence-electron chi connectivity index (χ4n) is 2.88. The molecule has 5 heteroatoms. The number of ether oxygens (including phenoxy) is 1. The Hall–Kier alpha value is -1.33. The van der Waals surface area contributed by atoms with E-state index in [9.17, 15) is 0 Å². The van der Waals surface area contributed by atoms with Crippen LogP contribution in [0.3, 0.4) is 0 Å². The van der Waals surface area contributed by atoms with Crippen molar-refractivity contribution in [1.82, 2.24) is 9.88 Å². The summed E-state index contributed by atoms with van der Waals surface area (Å²) >= 11 is 0. The lowest BCUT2D eigenvalue weighted by Gasteiger charge is -2.32. The highest BCUT2D eigenvalue weighted by atomic mass is 16.5. The van der Waals surface area contributed by atoms with E-state index < -0.39 is 0 Å². The molecular weight excluding hydrogens is 228 g/mol. The minimum absolute atomic E-state index is 0.633. The number of rotatable bonds is 2. The molecule has 18 heavy (non-hydrogen) atoms. The lowest BCUT2D eigenvalue weighted by atomic mass is 10.2. The van der Waals surface area contributed by atoms with Gasteiger partial charge in [0.2, 0.25) is 0 Å². The summed E-state index contributed by atoms with van der Waals surface area (Å²) in [5, 5.41) is 0. The van der Waals surface area contributed by atoms with Crippen LogP contribution in [-0.2, 0) is 4.74 Å². The van der Waals surface area contributed by atoms with Crippen LogP contribution in [0.2, 0.25) is 0 Å². The molecule has 1 aromatic rings. The van der Waals surface area contributed by atoms with Crippen LogP contribution in [0.1, 0.15) is 6.42 Å². The largest absolute Gasteiger partial charge is 0.382 e. The Bertz CT molecular complexity index is 406. The SMILES string of the molecule is Nc1ncccc1N1CCC(N2CCOCC2)C1. The van der Waals surface area contributed by atoms with Crippen molar-refractivity contribution in [2.75, 3.05) is 50.0 Å². The highest BCUT2D eigenvalue weighted by Gasteiger charge is 2.29. The Morgan fingerprint density at radius 3 is 2.89 bits per heavy atom. The third-order valence-electron chi connectivity index (χ3n) is 3.88. The minimum Gasteiger partial charge on any atom is -0.382 e. The Morgan fingerprint density at radius 2 is 2.11 bits per heavy atom. The third kappa shape index (κ3) is 2.28. The molecule has 1 unspecified atom stereocenters. The van der Waals surface area contributed by atoms with Gasteiger partial charge in [0.1, 0.15) is 5.82 Å². The highest BCUT2D eigenvalue weighted by molar-refractivity contribution is 5.63. The Morgan fingerprint density at radius 1 is 1.28 bits per heavy atom. The van der Waals surface area contributed by atoms with Crippen molar-refractivity contribution in [3.8, 4) is 0 Å². The van der Waals surface area contributed by atoms with Gasteiger partial charge in [-0.3, -0.25) is 4.90 Å². The summed E-state index contributed by atoms with van der Waals surface area (Å²) in [5.41, 5.74) is 7.01. The summed E-state index contributed by atoms with van der Waals surface area (Å²) in [6.07, 6.45) is 2.95. The summed E-state index contributed by atoms with van der Waals surface area (Å²) in [5.74, 6) is 0.639. The van der Waals surface area contributed by atoms with Gasteiger partial charge in [0.25, 0.3) is 0 Å². The number of nitrogens with zero attached hydrogens (tertiary/aromatic N) is 3. The van der Waals surface area contributed by atoms with Crippen LogP contribution in [-0.4, -0.2) is 55.3 Å². The second kappa shape index (κ2) is 5.12. The molecule has 1 atom stereocenters. The van der Waals surface area contributed by atoms with Crippen molar-refractivity contribution in [2.24, 2.45) is 0 Å². The van der Waals surface area contributed by atoms with Crippen LogP contribution in [0.15, 0.2) is 18.3 Å². The number of hydrogen-bond acceptors (Lipinski definition) is 5. The van der Waals surface area contributed by atoms with Crippen LogP contribution in [0.25, 0.3) is 0 Å². The first-order valence-electron chi connectivity index (χ1n) is 6.62. The third-order valence-corrected chi connectivity index (χ3v) is 3.88. The second-order valence-electron chi connectivity index (χ2n) is 4.94. The van der Waals surface area contributed by atoms with E-state index in [0.29, 0.717) is 11.9 Å². The van der Waals surface area contributed by atoms with Gasteiger partial charge in [0.15, 0.2) is 0 Å². The number of nitrogens with two attached hydrogens (primary N) is 1. The number of aromatic nitrogens is 1. The summed E-state index contributed by atoms with van der Waals surface area (Å²) in [6.45, 7) is 5.97. The zero-order chi connectivity index (χ0) is 12.4. The van der Waals surface area contributed by atoms with Gasteiger partial charge in [-0.15, -0.1) is 0 Å². The topological polar surface area (TPSA) is 54.6 Å². The molecular formula is C13H20N4O. The van der Waals surface area contributed by atoms with E-state index in [1.807, 2.05) is 6.07 Å². The summed E-state index contributed by atoms with van der Waals surface area (Å²) in [7, 11) is 0. The van der Waals surface area contributed by atoms with Crippen LogP contribution >= 0.6 is 0 Å². The average molecular weight is 248 g/mol. The highest BCUT2D eigenvalue weighted by Crippen LogP contribution is 2.26. The molecule has 3 heterocycles. The monoisotopic (exact) mass is 248 g/mol. The van der Waals surface area contributed by atoms with Crippen molar-refractivity contribution in [1.29, 1.82) is 0 Å². The molecule has 0 bridgehead atoms. The Balaban J connectivity index is 1.66. The molecule has 2 aliphatic rings. The van der Waals surface area contributed by atoms with Gasteiger partial charge in [0, 0.05) is 38.4 Å². The van der Waals surface area contributed by atoms with E-state index >= 15 is 0 Å². The molecule has 98 valence electrons. The molecule has 0 radical (unpaired) electrons. The smallest absolute Gasteiger partial charge is 0.146 e. The molecule has 3 rings (SSSR count). The lowest BCUT2D eigenvalue weighted by molar-refractivity contribution is 0.0209. The number of nitrogen functional groups attached to an aromatic ring is 1. The normalized spacial score (nSPS) is 25.6. The summed E-state index contributed by atoms with van der Waals surface area (Å²) in [6, 6.07) is 4.64. The van der Waals surface area contributed by atoms with Crippen LogP contribution in [0.4, 0.5) is 11.5 Å². The first-order chi connectivity index (χ1) is 8.84. The van der Waals surface area contributed by atoms with Gasteiger partial charge in [-0.1, -0.05) is 0 Å². The van der Waals surface area contributed by atoms with Crippen molar-refractivity contribution < 1.29 is 4.74 Å². The van der Waals surface area contributed by atoms with Crippen molar-refractivity contribution >= 4 is 11.5 Å². The van der Waals surface area contributed by atoms with E-state index in [1.54, 1.807) is 6.20 Å². The quantitative estimate of drug-likeness (QED) is 0.829. The van der Waals surface area contributed by atoms with E-state index in [-0.39, 0.29) is 0 Å². The molecule has 2 saturated heterocycles. The fourth-order valence-corrected chi connectivity index (χ4v) is 2.88. The first kappa shape index (κ1) is 11.7. The molecule has 0 spiro atoms. The molecule has 5 nitrogen and oxygen atoms in total. The van der Waals surface area contributed by atoms with Crippen molar-refractivity contribution in [2.45, 2.75) is 12.5 Å². The summed E-state index contributed by atoms with van der Waals surface area (Å²) in [4.78, 5) is 9.05. The molecule has 1 aromatic heterocycles. The predicted molar refractivity (Wildman–Crippen MR) is 71.7 cm³/mol. The lowest BCUT2D eigenvalue weighted by Crippen LogP contribution is -2.44. The van der Waals surface area contributed by atoms with Gasteiger partial charge >= 0.3 is 0 Å². The maximum atomic E-state index is 5.94. The van der Waals surface area contributed by atoms with E-state index in [2.05, 4.69) is 20.9 Å². The zero-order valence-corrected chi connectivity index (χ0v) is 10.6. The molecule has 0 aromatic carbocycles. The molecule has 2 aliphatic heterocycles. The van der Waals surface area contributed by atoms with Gasteiger partial charge < -0.3 is 15.4 Å². The van der Waals surface area contributed by atoms with Crippen LogP contribution in [0.5, 0.6) is 0 Å². The van der Waals surface area contributed by atoms with E-state index in [1.165, 1.54) is 6.42 Å². The average Bonchev–Trinajstić information content (AvgIpc) is 2.90. The van der Waals surface area contributed by atoms with Crippen LogP contribution < -0.4 is 10.6 Å². The predicted octanol–water partition coefficient (Wildman–Crippen LogP) is 0.575. The summed E-state index contributed by atoms with van der Waals surface area (Å²) < 4.78 is 5.40. The van der Waals surface area contributed by atoms with Crippen LogP contribution in [0, 0.1) is 0 Å². The molecule has 2 fully saturated rings. The van der Waals surface area contributed by atoms with Gasteiger partial charge in [-0.05, 0) is 18.6 Å². The second-order valence-corrected chi connectivity index (χ2v) is 4.94. The Labute approximate surface area is 108 Å². The number of anilines is 2. The zero-order valence-electron chi connectivity index (χ0n) is 10.6. The van der Waals surface area contributed by atoms with E-state index in [0.717, 1.165) is 45.1 Å². The maximum Gasteiger partial charge on any atom is 0.146 e. The first-order valence-corrected chi connectivity index (χ1v) is 6.62. The standard InChI is InChI=1S/C13H20N4O/c14-13-12(2-1-4-15-13)17-5-3-11(10-17)16-6-8-18-9-7-16/h1-2,4,11H,3,5-10H2,(H2,14,15). The molecule has 0 saturated carbocycles. The van der Waals surface area contributed by atoms with Crippen molar-refractivity contribution in [3.63, 3.8) is 0 Å².